The van der Waals surface area contributed by atoms with Crippen molar-refractivity contribution in [2.45, 2.75) is 69.3 Å². The molecule has 0 bridgehead atoms. The van der Waals surface area contributed by atoms with Gasteiger partial charge in [0.15, 0.2) is 11.0 Å². The number of fused-ring (bicyclic) bond motifs is 1. The number of H-pyrrole nitrogens is 1. The number of para-hydroxylation sites is 1. The van der Waals surface area contributed by atoms with Crippen molar-refractivity contribution in [2.24, 2.45) is 0 Å². The number of hydrogen-bond acceptors (Lipinski definition) is 5. The number of hydrogen-bond donors (Lipinski definition) is 1. The fourth-order valence-corrected chi connectivity index (χ4v) is 5.80. The SMILES string of the molecule is CCC1CCCCN1C(=O)CSc1nnc(-c2c[nH]c3ccccc23)n1CC1CCCO1. The average molecular weight is 454 g/mol. The maximum Gasteiger partial charge on any atom is 0.233 e. The first kappa shape index (κ1) is 21.5. The largest absolute Gasteiger partial charge is 0.376 e. The van der Waals surface area contributed by atoms with Crippen LogP contribution in [0.1, 0.15) is 45.4 Å². The zero-order valence-corrected chi connectivity index (χ0v) is 19.4. The predicted octanol–water partition coefficient (Wildman–Crippen LogP) is 4.49. The molecule has 32 heavy (non-hydrogen) atoms. The lowest BCUT2D eigenvalue weighted by atomic mass is 10.0. The van der Waals surface area contributed by atoms with Crippen molar-refractivity contribution in [3.63, 3.8) is 0 Å². The molecule has 2 fully saturated rings. The zero-order valence-electron chi connectivity index (χ0n) is 18.6. The van der Waals surface area contributed by atoms with Gasteiger partial charge in [-0.2, -0.15) is 0 Å². The van der Waals surface area contributed by atoms with Crippen LogP contribution in [0, 0.1) is 0 Å². The number of piperidine rings is 1. The Hall–Kier alpha value is -2.32. The van der Waals surface area contributed by atoms with Crippen LogP contribution in [0.4, 0.5) is 0 Å². The van der Waals surface area contributed by atoms with Gasteiger partial charge in [-0.25, -0.2) is 0 Å². The van der Waals surface area contributed by atoms with Crippen LogP contribution in [0.25, 0.3) is 22.3 Å². The highest BCUT2D eigenvalue weighted by atomic mass is 32.2. The molecule has 1 amide bonds. The molecular weight excluding hydrogens is 422 g/mol. The Balaban J connectivity index is 1.40. The lowest BCUT2D eigenvalue weighted by molar-refractivity contribution is -0.132. The first-order chi connectivity index (χ1) is 15.7. The number of amides is 1. The number of ether oxygens (including phenoxy) is 1. The third-order valence-corrected chi connectivity index (χ3v) is 7.65. The smallest absolute Gasteiger partial charge is 0.233 e. The number of carbonyl (C=O) groups excluding carboxylic acids is 1. The highest BCUT2D eigenvalue weighted by Crippen LogP contribution is 2.31. The van der Waals surface area contributed by atoms with E-state index in [-0.39, 0.29) is 12.0 Å². The van der Waals surface area contributed by atoms with E-state index in [4.69, 9.17) is 4.74 Å². The van der Waals surface area contributed by atoms with Gasteiger partial charge in [0.05, 0.1) is 18.4 Å². The standard InChI is InChI=1S/C24H31N5O2S/c1-2-17-8-5-6-12-28(17)22(30)16-32-24-27-26-23(29(24)15-18-9-7-13-31-18)20-14-25-21-11-4-3-10-19(20)21/h3-4,10-11,14,17-18,25H,2,5-9,12-13,15-16H2,1H3. The van der Waals surface area contributed by atoms with Gasteiger partial charge in [-0.1, -0.05) is 36.9 Å². The predicted molar refractivity (Wildman–Crippen MR) is 127 cm³/mol. The van der Waals surface area contributed by atoms with Crippen LogP contribution in [0.5, 0.6) is 0 Å². The van der Waals surface area contributed by atoms with Crippen LogP contribution in [-0.4, -0.2) is 61.6 Å². The fraction of sp³-hybridized carbons (Fsp3) is 0.542. The molecule has 8 heteroatoms. The first-order valence-corrected chi connectivity index (χ1v) is 12.8. The van der Waals surface area contributed by atoms with E-state index in [1.165, 1.54) is 18.2 Å². The summed E-state index contributed by atoms with van der Waals surface area (Å²) in [5.74, 6) is 1.44. The minimum Gasteiger partial charge on any atom is -0.376 e. The third-order valence-electron chi connectivity index (χ3n) is 6.70. The molecule has 1 N–H and O–H groups in total. The highest BCUT2D eigenvalue weighted by Gasteiger charge is 2.27. The molecule has 5 rings (SSSR count). The second-order valence-corrected chi connectivity index (χ2v) is 9.68. The van der Waals surface area contributed by atoms with Gasteiger partial charge in [-0.15, -0.1) is 10.2 Å². The highest BCUT2D eigenvalue weighted by molar-refractivity contribution is 7.99. The summed E-state index contributed by atoms with van der Waals surface area (Å²) in [7, 11) is 0. The van der Waals surface area contributed by atoms with Crippen LogP contribution < -0.4 is 0 Å². The molecule has 0 saturated carbocycles. The minimum absolute atomic E-state index is 0.163. The topological polar surface area (TPSA) is 76.0 Å². The van der Waals surface area contributed by atoms with Gasteiger partial charge >= 0.3 is 0 Å². The molecule has 0 spiro atoms. The Labute approximate surface area is 192 Å². The Morgan fingerprint density at radius 1 is 1.22 bits per heavy atom. The first-order valence-electron chi connectivity index (χ1n) is 11.8. The summed E-state index contributed by atoms with van der Waals surface area (Å²) < 4.78 is 8.07. The molecule has 7 nitrogen and oxygen atoms in total. The third kappa shape index (κ3) is 4.30. The lowest BCUT2D eigenvalue weighted by Gasteiger charge is -2.35. The van der Waals surface area contributed by atoms with Crippen molar-refractivity contribution in [1.82, 2.24) is 24.6 Å². The van der Waals surface area contributed by atoms with E-state index in [9.17, 15) is 4.79 Å². The van der Waals surface area contributed by atoms with Crippen molar-refractivity contribution in [3.8, 4) is 11.4 Å². The van der Waals surface area contributed by atoms with Gasteiger partial charge in [-0.3, -0.25) is 9.36 Å². The molecule has 2 atom stereocenters. The number of carbonyl (C=O) groups is 1. The second-order valence-electron chi connectivity index (χ2n) is 8.73. The summed E-state index contributed by atoms with van der Waals surface area (Å²) >= 11 is 1.50. The molecule has 0 aliphatic carbocycles. The molecule has 1 aromatic carbocycles. The van der Waals surface area contributed by atoms with Gasteiger partial charge in [0.25, 0.3) is 0 Å². The summed E-state index contributed by atoms with van der Waals surface area (Å²) in [5, 5.41) is 11.0. The zero-order chi connectivity index (χ0) is 21.9. The minimum atomic E-state index is 0.163. The Kier molecular flexibility index (Phi) is 6.50. The van der Waals surface area contributed by atoms with E-state index in [0.717, 1.165) is 72.7 Å². The van der Waals surface area contributed by atoms with Crippen molar-refractivity contribution in [3.05, 3.63) is 30.5 Å². The maximum absolute atomic E-state index is 13.0. The van der Waals surface area contributed by atoms with E-state index in [0.29, 0.717) is 18.3 Å². The lowest BCUT2D eigenvalue weighted by Crippen LogP contribution is -2.44. The molecule has 4 heterocycles. The van der Waals surface area contributed by atoms with Gasteiger partial charge in [0, 0.05) is 41.9 Å². The molecule has 3 aromatic rings. The van der Waals surface area contributed by atoms with Crippen molar-refractivity contribution < 1.29 is 9.53 Å². The van der Waals surface area contributed by atoms with E-state index in [2.05, 4.69) is 43.7 Å². The molecule has 2 aliphatic heterocycles. The van der Waals surface area contributed by atoms with E-state index in [1.807, 2.05) is 18.3 Å². The van der Waals surface area contributed by atoms with Crippen LogP contribution in [0.3, 0.4) is 0 Å². The summed E-state index contributed by atoms with van der Waals surface area (Å²) in [6.45, 7) is 4.57. The molecule has 2 aliphatic rings. The summed E-state index contributed by atoms with van der Waals surface area (Å²) in [6.07, 6.45) is 8.76. The number of thioether (sulfide) groups is 1. The van der Waals surface area contributed by atoms with E-state index in [1.54, 1.807) is 0 Å². The van der Waals surface area contributed by atoms with E-state index < -0.39 is 0 Å². The van der Waals surface area contributed by atoms with Gasteiger partial charge in [-0.05, 0) is 44.6 Å². The number of nitrogens with zero attached hydrogens (tertiary/aromatic N) is 4. The quantitative estimate of drug-likeness (QED) is 0.534. The van der Waals surface area contributed by atoms with Gasteiger partial charge in [0.1, 0.15) is 0 Å². The normalized spacial score (nSPS) is 21.5. The second kappa shape index (κ2) is 9.67. The van der Waals surface area contributed by atoms with Crippen molar-refractivity contribution in [2.75, 3.05) is 18.9 Å². The Bertz CT molecular complexity index is 1070. The summed E-state index contributed by atoms with van der Waals surface area (Å²) in [5.41, 5.74) is 2.11. The number of likely N-dealkylation sites (tertiary alicyclic amines) is 1. The molecule has 2 aromatic heterocycles. The van der Waals surface area contributed by atoms with Crippen molar-refractivity contribution >= 4 is 28.6 Å². The fourth-order valence-electron chi connectivity index (χ4n) is 4.97. The number of benzene rings is 1. The van der Waals surface area contributed by atoms with Crippen LogP contribution in [0.15, 0.2) is 35.6 Å². The number of rotatable bonds is 7. The number of nitrogens with one attached hydrogen (secondary N) is 1. The van der Waals surface area contributed by atoms with Crippen molar-refractivity contribution in [1.29, 1.82) is 0 Å². The van der Waals surface area contributed by atoms with Gasteiger partial charge in [0.2, 0.25) is 5.91 Å². The Morgan fingerprint density at radius 3 is 2.97 bits per heavy atom. The summed E-state index contributed by atoms with van der Waals surface area (Å²) in [6, 6.07) is 8.61. The number of aromatic nitrogens is 4. The van der Waals surface area contributed by atoms with E-state index >= 15 is 0 Å². The van der Waals surface area contributed by atoms with Gasteiger partial charge < -0.3 is 14.6 Å². The monoisotopic (exact) mass is 453 g/mol. The molecule has 2 unspecified atom stereocenters. The molecule has 170 valence electrons. The van der Waals surface area contributed by atoms with Crippen LogP contribution in [0.2, 0.25) is 0 Å². The molecule has 2 saturated heterocycles. The number of aromatic amines is 1. The Morgan fingerprint density at radius 2 is 2.12 bits per heavy atom. The maximum atomic E-state index is 13.0. The van der Waals surface area contributed by atoms with Crippen LogP contribution >= 0.6 is 11.8 Å². The molecule has 0 radical (unpaired) electrons. The average Bonchev–Trinajstić information content (AvgIpc) is 3.58. The van der Waals surface area contributed by atoms with Crippen LogP contribution in [-0.2, 0) is 16.1 Å². The summed E-state index contributed by atoms with van der Waals surface area (Å²) in [4.78, 5) is 18.4. The molecular formula is C24H31N5O2S.